The lowest BCUT2D eigenvalue weighted by atomic mass is 10.1. The first-order chi connectivity index (χ1) is 17.9. The molecule has 0 fully saturated rings. The van der Waals surface area contributed by atoms with Gasteiger partial charge in [0.25, 0.3) is 6.47 Å². The first-order valence-electron chi connectivity index (χ1n) is 11.6. The number of halogens is 2. The maximum absolute atomic E-state index is 8.95. The van der Waals surface area contributed by atoms with E-state index in [1.54, 1.807) is 0 Å². The third-order valence-corrected chi connectivity index (χ3v) is 6.34. The number of hydrogen-bond acceptors (Lipinski definition) is 5. The standard InChI is InChI=1S/C27H22Cl2N2O2.C2H4O2/c1-3-18-7-9-23(29)25(12-18)31-24(20-8-10-26-27(14-20)33-16-32-26)15-22(30-31)11-17(2)19-5-4-6-21(28)13-19;1-4-2-3/h4-15H,3,16H2,1-2H3;2H,1H3/b17-11+;. The Morgan fingerprint density at radius 3 is 2.57 bits per heavy atom. The van der Waals surface area contributed by atoms with E-state index in [0.717, 1.165) is 51.7 Å². The van der Waals surface area contributed by atoms with Crippen LogP contribution in [0.4, 0.5) is 0 Å². The van der Waals surface area contributed by atoms with Gasteiger partial charge in [-0.3, -0.25) is 4.79 Å². The van der Waals surface area contributed by atoms with E-state index in [4.69, 9.17) is 42.6 Å². The molecule has 190 valence electrons. The fourth-order valence-corrected chi connectivity index (χ4v) is 4.28. The van der Waals surface area contributed by atoms with Gasteiger partial charge in [-0.15, -0.1) is 0 Å². The molecule has 0 radical (unpaired) electrons. The minimum atomic E-state index is 0.231. The molecule has 0 atom stereocenters. The number of aromatic nitrogens is 2. The molecule has 5 rings (SSSR count). The van der Waals surface area contributed by atoms with Crippen LogP contribution in [0.15, 0.2) is 66.7 Å². The van der Waals surface area contributed by atoms with Gasteiger partial charge < -0.3 is 14.2 Å². The fraction of sp³-hybridized carbons (Fsp3) is 0.172. The highest BCUT2D eigenvalue weighted by Crippen LogP contribution is 2.37. The minimum absolute atomic E-state index is 0.231. The monoisotopic (exact) mass is 536 g/mol. The van der Waals surface area contributed by atoms with Crippen LogP contribution in [0.5, 0.6) is 11.5 Å². The molecule has 0 spiro atoms. The van der Waals surface area contributed by atoms with Gasteiger partial charge >= 0.3 is 0 Å². The molecule has 0 unspecified atom stereocenters. The normalized spacial score (nSPS) is 12.1. The summed E-state index contributed by atoms with van der Waals surface area (Å²) in [6.07, 6.45) is 2.96. The quantitative estimate of drug-likeness (QED) is 0.239. The summed E-state index contributed by atoms with van der Waals surface area (Å²) in [5.41, 5.74) is 6.83. The van der Waals surface area contributed by atoms with E-state index in [0.29, 0.717) is 16.5 Å². The van der Waals surface area contributed by atoms with Crippen molar-refractivity contribution in [2.24, 2.45) is 0 Å². The summed E-state index contributed by atoms with van der Waals surface area (Å²) in [6, 6.07) is 21.8. The summed E-state index contributed by atoms with van der Waals surface area (Å²) in [5.74, 6) is 1.47. The van der Waals surface area contributed by atoms with Crippen molar-refractivity contribution in [3.8, 4) is 28.4 Å². The second-order valence-corrected chi connectivity index (χ2v) is 9.09. The lowest BCUT2D eigenvalue weighted by molar-refractivity contribution is -0.126. The Balaban J connectivity index is 0.000000747. The zero-order valence-corrected chi connectivity index (χ0v) is 22.2. The van der Waals surface area contributed by atoms with Gasteiger partial charge in [-0.05, 0) is 84.7 Å². The van der Waals surface area contributed by atoms with Crippen molar-refractivity contribution in [2.75, 3.05) is 13.9 Å². The molecule has 1 aromatic heterocycles. The van der Waals surface area contributed by atoms with Crippen molar-refractivity contribution in [3.63, 3.8) is 0 Å². The largest absolute Gasteiger partial charge is 0.471 e. The fourth-order valence-electron chi connectivity index (χ4n) is 3.89. The minimum Gasteiger partial charge on any atom is -0.471 e. The predicted molar refractivity (Wildman–Crippen MR) is 148 cm³/mol. The average Bonchev–Trinajstić information content (AvgIpc) is 3.55. The van der Waals surface area contributed by atoms with Gasteiger partial charge in [0.05, 0.1) is 29.2 Å². The first kappa shape index (κ1) is 26.3. The lowest BCUT2D eigenvalue weighted by Crippen LogP contribution is -2.01. The highest BCUT2D eigenvalue weighted by atomic mass is 35.5. The van der Waals surface area contributed by atoms with Gasteiger partial charge in [0, 0.05) is 10.6 Å². The number of benzene rings is 3. The second kappa shape index (κ2) is 12.0. The Bertz CT molecular complexity index is 1450. The van der Waals surface area contributed by atoms with Crippen molar-refractivity contribution in [1.82, 2.24) is 9.78 Å². The predicted octanol–water partition coefficient (Wildman–Crippen LogP) is 7.49. The summed E-state index contributed by atoms with van der Waals surface area (Å²) in [5, 5.41) is 6.27. The Kier molecular flexibility index (Phi) is 8.54. The molecule has 4 aromatic rings. The summed E-state index contributed by atoms with van der Waals surface area (Å²) in [6.45, 7) is 4.78. The third-order valence-electron chi connectivity index (χ3n) is 5.78. The smallest absolute Gasteiger partial charge is 0.292 e. The lowest BCUT2D eigenvalue weighted by Gasteiger charge is -2.11. The Morgan fingerprint density at radius 2 is 1.84 bits per heavy atom. The number of aryl methyl sites for hydroxylation is 1. The molecular weight excluding hydrogens is 511 g/mol. The van der Waals surface area contributed by atoms with Gasteiger partial charge in [0.2, 0.25) is 6.79 Å². The van der Waals surface area contributed by atoms with Crippen LogP contribution < -0.4 is 9.47 Å². The maximum atomic E-state index is 8.95. The highest BCUT2D eigenvalue weighted by Gasteiger charge is 2.18. The van der Waals surface area contributed by atoms with E-state index in [2.05, 4.69) is 36.8 Å². The van der Waals surface area contributed by atoms with Gasteiger partial charge in [-0.25, -0.2) is 4.68 Å². The SMILES string of the molecule is CCc1ccc(Cl)c(-n2nc(/C=C(\C)c3cccc(Cl)c3)cc2-c2ccc3c(c2)OCO3)c1.COC=O. The van der Waals surface area contributed by atoms with Crippen LogP contribution in [0.2, 0.25) is 10.0 Å². The number of carbonyl (C=O) groups is 1. The van der Waals surface area contributed by atoms with Crippen LogP contribution in [-0.2, 0) is 16.0 Å². The van der Waals surface area contributed by atoms with Crippen LogP contribution in [0.1, 0.15) is 30.7 Å². The van der Waals surface area contributed by atoms with Crippen molar-refractivity contribution < 1.29 is 19.0 Å². The molecule has 1 aliphatic rings. The molecule has 0 bridgehead atoms. The van der Waals surface area contributed by atoms with Gasteiger partial charge in [0.15, 0.2) is 11.5 Å². The molecule has 0 amide bonds. The van der Waals surface area contributed by atoms with E-state index >= 15 is 0 Å². The van der Waals surface area contributed by atoms with Crippen molar-refractivity contribution in [3.05, 3.63) is 93.6 Å². The van der Waals surface area contributed by atoms with Crippen LogP contribution in [-0.4, -0.2) is 30.2 Å². The summed E-state index contributed by atoms with van der Waals surface area (Å²) in [4.78, 5) is 8.95. The Labute approximate surface area is 226 Å². The number of rotatable bonds is 6. The molecule has 37 heavy (non-hydrogen) atoms. The molecule has 0 aliphatic carbocycles. The molecular formula is C29H26Cl2N2O4. The van der Waals surface area contributed by atoms with Crippen molar-refractivity contribution in [1.29, 1.82) is 0 Å². The molecule has 1 aliphatic heterocycles. The van der Waals surface area contributed by atoms with Crippen molar-refractivity contribution >= 4 is 41.3 Å². The summed E-state index contributed by atoms with van der Waals surface area (Å²) in [7, 11) is 1.31. The molecule has 0 saturated carbocycles. The summed E-state index contributed by atoms with van der Waals surface area (Å²) < 4.78 is 16.8. The Hall–Kier alpha value is -3.74. The van der Waals surface area contributed by atoms with E-state index < -0.39 is 0 Å². The molecule has 6 nitrogen and oxygen atoms in total. The molecule has 8 heteroatoms. The van der Waals surface area contributed by atoms with E-state index in [1.807, 2.05) is 59.3 Å². The number of hydrogen-bond donors (Lipinski definition) is 0. The molecule has 3 aromatic carbocycles. The van der Waals surface area contributed by atoms with E-state index in [9.17, 15) is 0 Å². The number of methoxy groups -OCH3 is 1. The number of ether oxygens (including phenoxy) is 3. The van der Waals surface area contributed by atoms with Crippen LogP contribution in [0.25, 0.3) is 28.6 Å². The number of nitrogens with zero attached hydrogens (tertiary/aromatic N) is 2. The second-order valence-electron chi connectivity index (χ2n) is 8.24. The average molecular weight is 537 g/mol. The molecule has 2 heterocycles. The number of fused-ring (bicyclic) bond motifs is 1. The van der Waals surface area contributed by atoms with Gasteiger partial charge in [-0.1, -0.05) is 48.3 Å². The zero-order valence-electron chi connectivity index (χ0n) is 20.7. The van der Waals surface area contributed by atoms with E-state index in [1.165, 1.54) is 12.7 Å². The van der Waals surface area contributed by atoms with E-state index in [-0.39, 0.29) is 6.79 Å². The topological polar surface area (TPSA) is 62.6 Å². The van der Waals surface area contributed by atoms with Crippen LogP contribution in [0.3, 0.4) is 0 Å². The first-order valence-corrected chi connectivity index (χ1v) is 12.4. The summed E-state index contributed by atoms with van der Waals surface area (Å²) >= 11 is 12.8. The van der Waals surface area contributed by atoms with Crippen molar-refractivity contribution in [2.45, 2.75) is 20.3 Å². The molecule has 0 N–H and O–H groups in total. The van der Waals surface area contributed by atoms with Crippen LogP contribution >= 0.6 is 23.2 Å². The van der Waals surface area contributed by atoms with Gasteiger partial charge in [0.1, 0.15) is 0 Å². The zero-order chi connectivity index (χ0) is 26.4. The Morgan fingerprint density at radius 1 is 1.05 bits per heavy atom. The van der Waals surface area contributed by atoms with Gasteiger partial charge in [-0.2, -0.15) is 5.10 Å². The van der Waals surface area contributed by atoms with Crippen LogP contribution in [0, 0.1) is 0 Å². The highest BCUT2D eigenvalue weighted by molar-refractivity contribution is 6.32. The number of allylic oxidation sites excluding steroid dienone is 1. The number of carbonyl (C=O) groups excluding carboxylic acids is 1. The maximum Gasteiger partial charge on any atom is 0.292 e. The molecule has 0 saturated heterocycles. The third kappa shape index (κ3) is 6.16.